The second-order valence-corrected chi connectivity index (χ2v) is 22.1. The molecule has 0 saturated carbocycles. The zero-order valence-electron chi connectivity index (χ0n) is 74.8. The second kappa shape index (κ2) is 111. The van der Waals surface area contributed by atoms with Crippen LogP contribution in [-0.4, -0.2) is 153 Å². The van der Waals surface area contributed by atoms with Gasteiger partial charge in [-0.15, -0.1) is 11.6 Å². The van der Waals surface area contributed by atoms with Crippen molar-refractivity contribution in [2.45, 2.75) is 60.3 Å². The van der Waals surface area contributed by atoms with Crippen molar-refractivity contribution in [2.75, 3.05) is 33.0 Å². The molecule has 0 fully saturated rings. The van der Waals surface area contributed by atoms with Gasteiger partial charge in [0.2, 0.25) is 64.7 Å². The first kappa shape index (κ1) is 125. The van der Waals surface area contributed by atoms with Crippen molar-refractivity contribution in [1.82, 2.24) is 0 Å². The third-order valence-electron chi connectivity index (χ3n) is 13.6. The average Bonchev–Trinajstić information content (AvgIpc) is 0.845. The van der Waals surface area contributed by atoms with E-state index in [1.54, 1.807) is 61.9 Å². The van der Waals surface area contributed by atoms with Crippen LogP contribution in [0.3, 0.4) is 0 Å². The minimum Gasteiger partial charge on any atom is -0.468 e. The normalized spacial score (nSPS) is 9.96. The SMILES string of the molecule is CBr.CC.CC.CCOC=O.CCl.CF.O=CN=C/C=C/c1ccc2ccccc2c1.O=CN=C/C=C/c1ccccc1.O=CN=C/C=C/c1ccccc1.O=CN=C/C=C/c1ccccc1.O=CN=C/C=C/c1ccccc1.O=CN=C/C=C/c1ccccc1.O=CN=C/C=C/c1ccccc1.O=CN=CCCc1ccccc1.O=CN=CCCc1ccccc1.[C-]#[N+]C. The lowest BCUT2D eigenvalue weighted by Crippen LogP contribution is -1.85. The molecule has 0 N–H and O–H groups in total. The summed E-state index contributed by atoms with van der Waals surface area (Å²) in [6, 6.07) is 93.6. The van der Waals surface area contributed by atoms with Crippen LogP contribution in [0.4, 0.5) is 4.39 Å². The fourth-order valence-corrected chi connectivity index (χ4v) is 8.42. The molecule has 0 radical (unpaired) electrons. The lowest BCUT2D eigenvalue weighted by Gasteiger charge is -1.98. The summed E-state index contributed by atoms with van der Waals surface area (Å²) >= 11 is 7.58. The van der Waals surface area contributed by atoms with Gasteiger partial charge in [0.25, 0.3) is 6.47 Å². The summed E-state index contributed by atoms with van der Waals surface area (Å²) in [6.07, 6.45) is 48.5. The molecule has 0 aliphatic heterocycles. The number of ether oxygens (including phenoxy) is 1. The number of carbonyl (C=O) groups excluding carboxylic acids is 10. The minimum absolute atomic E-state index is 0.431. The topological polar surface area (TPSA) is 296 Å². The Morgan fingerprint density at radius 1 is 0.300 bits per heavy atom. The molecule has 0 aliphatic rings. The van der Waals surface area contributed by atoms with Crippen molar-refractivity contribution in [3.63, 3.8) is 0 Å². The molecule has 0 aromatic heterocycles. The molecule has 10 aromatic rings. The Morgan fingerprint density at radius 3 is 0.685 bits per heavy atom. The van der Waals surface area contributed by atoms with Crippen LogP contribution in [0, 0.1) is 6.57 Å². The number of rotatable bonds is 31. The van der Waals surface area contributed by atoms with E-state index in [1.807, 2.05) is 313 Å². The van der Waals surface area contributed by atoms with Crippen molar-refractivity contribution in [2.24, 2.45) is 44.9 Å². The third kappa shape index (κ3) is 90.1. The van der Waals surface area contributed by atoms with Crippen LogP contribution in [0.25, 0.3) is 58.1 Å². The smallest absolute Gasteiger partial charge is 0.293 e. The summed E-state index contributed by atoms with van der Waals surface area (Å²) in [6.45, 7) is 16.5. The molecule has 21 nitrogen and oxygen atoms in total. The lowest BCUT2D eigenvalue weighted by atomic mass is 10.1. The summed E-state index contributed by atoms with van der Waals surface area (Å²) in [5.74, 6) is 1.81. The molecular formula is C106H117BrClFN10O11. The van der Waals surface area contributed by atoms with Gasteiger partial charge in [0.05, 0.1) is 13.8 Å². The van der Waals surface area contributed by atoms with E-state index in [4.69, 9.17) is 6.57 Å². The van der Waals surface area contributed by atoms with Gasteiger partial charge in [-0.25, -0.2) is 51.5 Å². The maximum atomic E-state index is 9.96. The number of halogens is 3. The largest absolute Gasteiger partial charge is 0.468 e. The predicted octanol–water partition coefficient (Wildman–Crippen LogP) is 23.6. The molecule has 0 atom stereocenters. The van der Waals surface area contributed by atoms with Crippen LogP contribution in [0.1, 0.15) is 97.5 Å². The lowest BCUT2D eigenvalue weighted by molar-refractivity contribution is -0.128. The molecular weight excluding hydrogens is 1720 g/mol. The van der Waals surface area contributed by atoms with Gasteiger partial charge in [0.15, 0.2) is 0 Å². The predicted molar refractivity (Wildman–Crippen MR) is 553 cm³/mol. The zero-order valence-corrected chi connectivity index (χ0v) is 77.2. The van der Waals surface area contributed by atoms with Gasteiger partial charge in [0.1, 0.15) is 0 Å². The van der Waals surface area contributed by atoms with Crippen LogP contribution >= 0.6 is 27.5 Å². The fourth-order valence-electron chi connectivity index (χ4n) is 8.42. The first-order valence-electron chi connectivity index (χ1n) is 39.9. The monoisotopic (exact) mass is 1840 g/mol. The fraction of sp³-hybridized carbons (Fsp3) is 0.132. The molecule has 0 heterocycles. The van der Waals surface area contributed by atoms with E-state index in [9.17, 15) is 52.3 Å². The molecule has 0 saturated heterocycles. The van der Waals surface area contributed by atoms with Crippen LogP contribution in [0.2, 0.25) is 0 Å². The number of aryl methyl sites for hydroxylation is 2. The summed E-state index contributed by atoms with van der Waals surface area (Å²) in [5.41, 5.74) is 10.2. The Balaban J connectivity index is -0.000000325. The second-order valence-electron chi connectivity index (χ2n) is 22.1. The Morgan fingerprint density at radius 2 is 0.492 bits per heavy atom. The number of amides is 9. The number of hydrogen-bond acceptors (Lipinski definition) is 11. The number of hydrogen-bond donors (Lipinski definition) is 0. The van der Waals surface area contributed by atoms with Gasteiger partial charge in [-0.1, -0.05) is 365 Å². The van der Waals surface area contributed by atoms with Crippen LogP contribution < -0.4 is 0 Å². The van der Waals surface area contributed by atoms with Gasteiger partial charge in [-0.2, -0.15) is 0 Å². The third-order valence-corrected chi connectivity index (χ3v) is 13.6. The molecule has 10 aromatic carbocycles. The van der Waals surface area contributed by atoms with E-state index < -0.39 is 0 Å². The van der Waals surface area contributed by atoms with Gasteiger partial charge >= 0.3 is 0 Å². The van der Waals surface area contributed by atoms with Gasteiger partial charge < -0.3 is 9.58 Å². The Kier molecular flexibility index (Phi) is 107. The highest BCUT2D eigenvalue weighted by atomic mass is 79.9. The number of alkyl halides is 3. The number of allylic oxidation sites excluding steroid dienone is 7. The number of nitrogens with zero attached hydrogens (tertiary/aromatic N) is 10. The van der Waals surface area contributed by atoms with E-state index >= 15 is 0 Å². The van der Waals surface area contributed by atoms with E-state index in [-0.39, 0.29) is 0 Å². The van der Waals surface area contributed by atoms with E-state index in [0.717, 1.165) is 64.6 Å². The number of benzene rings is 10. The standard InChI is InChI=1S/C14H11NO.2C10H11NO.6C10H9NO.C3H6O2.C2H3N.2C2H6.CH3Br.CH3Cl.CH3F/c16-11-15-9-3-4-12-7-8-13-5-1-2-6-14(13)10-12;8*12-9-11-8-4-7-10-5-2-1-3-6-10;1-2-5-3-4;1-3-2;5*1-2/h1-11H;2*1-3,5-6,8-9H,4,7H2;6*1-9H;3H,2H2,1H3;1H3;2*1-2H3;3*1H3/b4-3+,15-9?;;;6*7-4+,11-8?;;;;;;;. The highest BCUT2D eigenvalue weighted by molar-refractivity contribution is 9.08. The highest BCUT2D eigenvalue weighted by Crippen LogP contribution is 2.16. The molecule has 10 rings (SSSR count). The molecule has 0 aliphatic carbocycles. The number of fused-ring (bicyclic) bond motifs is 1. The Bertz CT molecular complexity index is 4370. The van der Waals surface area contributed by atoms with E-state index in [1.165, 1.54) is 78.8 Å². The summed E-state index contributed by atoms with van der Waals surface area (Å²) in [5, 5.41) is 2.43. The van der Waals surface area contributed by atoms with Crippen LogP contribution in [0.15, 0.2) is 373 Å². The maximum Gasteiger partial charge on any atom is 0.293 e. The van der Waals surface area contributed by atoms with Gasteiger partial charge in [-0.05, 0) is 148 Å². The molecule has 9 amide bonds. The van der Waals surface area contributed by atoms with Crippen molar-refractivity contribution in [3.8, 4) is 0 Å². The minimum atomic E-state index is 0.431. The summed E-state index contributed by atoms with van der Waals surface area (Å²) in [4.78, 5) is 131. The van der Waals surface area contributed by atoms with Crippen LogP contribution in [-0.2, 0) is 65.5 Å². The zero-order chi connectivity index (χ0) is 97.2. The summed E-state index contributed by atoms with van der Waals surface area (Å²) < 4.78 is 13.7. The first-order valence-corrected chi connectivity index (χ1v) is 42.2. The summed E-state index contributed by atoms with van der Waals surface area (Å²) in [7, 11) is 1.92. The van der Waals surface area contributed by atoms with Crippen molar-refractivity contribution < 1.29 is 57.1 Å². The van der Waals surface area contributed by atoms with Gasteiger partial charge in [0, 0.05) is 62.3 Å². The molecule has 130 heavy (non-hydrogen) atoms. The van der Waals surface area contributed by atoms with Crippen molar-refractivity contribution in [1.29, 1.82) is 0 Å². The maximum absolute atomic E-state index is 9.96. The van der Waals surface area contributed by atoms with Crippen molar-refractivity contribution >= 4 is 201 Å². The molecule has 0 bridgehead atoms. The van der Waals surface area contributed by atoms with Gasteiger partial charge in [-0.3, -0.25) is 52.3 Å². The average molecular weight is 1840 g/mol. The van der Waals surface area contributed by atoms with E-state index in [0.29, 0.717) is 77.9 Å². The molecule has 0 spiro atoms. The Labute approximate surface area is 780 Å². The number of aliphatic imine (C=N–C) groups is 9. The highest BCUT2D eigenvalue weighted by Gasteiger charge is 1.94. The first-order chi connectivity index (χ1) is 64.2. The van der Waals surface area contributed by atoms with E-state index in [2.05, 4.69) is 131 Å². The molecule has 678 valence electrons. The molecule has 0 unspecified atom stereocenters. The quantitative estimate of drug-likeness (QED) is 0.0170. The van der Waals surface area contributed by atoms with Crippen molar-refractivity contribution in [3.05, 3.63) is 389 Å². The van der Waals surface area contributed by atoms with Crippen LogP contribution in [0.5, 0.6) is 0 Å². The Hall–Kier alpha value is -15.6. The number of carbonyl (C=O) groups is 10. The molecule has 24 heteroatoms.